The highest BCUT2D eigenvalue weighted by Gasteiger charge is 2.21. The van der Waals surface area contributed by atoms with Gasteiger partial charge >= 0.3 is 0 Å². The quantitative estimate of drug-likeness (QED) is 0.731. The van der Waals surface area contributed by atoms with Gasteiger partial charge in [0.15, 0.2) is 5.13 Å². The van der Waals surface area contributed by atoms with E-state index in [-0.39, 0.29) is 18.6 Å². The smallest absolute Gasteiger partial charge is 0.223 e. The van der Waals surface area contributed by atoms with Gasteiger partial charge in [-0.1, -0.05) is 0 Å². The summed E-state index contributed by atoms with van der Waals surface area (Å²) in [4.78, 5) is 5.97. The minimum Gasteiger partial charge on any atom is -0.493 e. The van der Waals surface area contributed by atoms with Crippen molar-refractivity contribution in [3.05, 3.63) is 5.38 Å². The summed E-state index contributed by atoms with van der Waals surface area (Å²) in [6, 6.07) is 0. The van der Waals surface area contributed by atoms with Crippen LogP contribution in [-0.4, -0.2) is 47.6 Å². The number of aliphatic hydroxyl groups is 1. The van der Waals surface area contributed by atoms with Crippen molar-refractivity contribution in [2.75, 3.05) is 31.2 Å². The van der Waals surface area contributed by atoms with Gasteiger partial charge in [-0.25, -0.2) is 0 Å². The Morgan fingerprint density at radius 2 is 2.57 bits per heavy atom. The van der Waals surface area contributed by atoms with Crippen molar-refractivity contribution in [3.63, 3.8) is 0 Å². The van der Waals surface area contributed by atoms with Crippen LogP contribution in [0.5, 0.6) is 5.88 Å². The summed E-state index contributed by atoms with van der Waals surface area (Å²) < 4.78 is 5.31. The standard InChI is InChI=1S/C8H12N2O3S/c11-4-6-3-10(1-2-13-6)8-9-7(12)5-14-8/h5-6,11-12H,1-4H2/t6-/m0/s1. The second kappa shape index (κ2) is 4.12. The molecule has 2 rings (SSSR count). The zero-order valence-electron chi connectivity index (χ0n) is 7.59. The third-order valence-electron chi connectivity index (χ3n) is 2.09. The predicted octanol–water partition coefficient (Wildman–Crippen LogP) is 0.0462. The van der Waals surface area contributed by atoms with Gasteiger partial charge in [0.25, 0.3) is 0 Å². The first-order valence-corrected chi connectivity index (χ1v) is 5.29. The molecule has 2 N–H and O–H groups in total. The van der Waals surface area contributed by atoms with E-state index in [0.717, 1.165) is 11.7 Å². The van der Waals surface area contributed by atoms with Crippen LogP contribution < -0.4 is 4.90 Å². The monoisotopic (exact) mass is 216 g/mol. The van der Waals surface area contributed by atoms with Crippen molar-refractivity contribution in [3.8, 4) is 5.88 Å². The first-order chi connectivity index (χ1) is 6.79. The van der Waals surface area contributed by atoms with E-state index >= 15 is 0 Å². The summed E-state index contributed by atoms with van der Waals surface area (Å²) in [5, 5.41) is 20.4. The molecule has 0 amide bonds. The van der Waals surface area contributed by atoms with Crippen LogP contribution >= 0.6 is 11.3 Å². The zero-order valence-corrected chi connectivity index (χ0v) is 8.40. The minimum absolute atomic E-state index is 0.0217. The number of ether oxygens (including phenoxy) is 1. The van der Waals surface area contributed by atoms with Gasteiger partial charge in [-0.15, -0.1) is 11.3 Å². The van der Waals surface area contributed by atoms with E-state index in [2.05, 4.69) is 4.98 Å². The topological polar surface area (TPSA) is 65.8 Å². The normalized spacial score (nSPS) is 22.6. The Labute approximate surface area is 85.6 Å². The zero-order chi connectivity index (χ0) is 9.97. The van der Waals surface area contributed by atoms with Crippen LogP contribution in [0.3, 0.4) is 0 Å². The van der Waals surface area contributed by atoms with Crippen molar-refractivity contribution in [2.24, 2.45) is 0 Å². The molecule has 1 aromatic rings. The van der Waals surface area contributed by atoms with E-state index < -0.39 is 0 Å². The number of thiazole rings is 1. The Morgan fingerprint density at radius 3 is 3.21 bits per heavy atom. The largest absolute Gasteiger partial charge is 0.493 e. The summed E-state index contributed by atoms with van der Waals surface area (Å²) in [7, 11) is 0. The Morgan fingerprint density at radius 1 is 1.71 bits per heavy atom. The van der Waals surface area contributed by atoms with Crippen molar-refractivity contribution in [2.45, 2.75) is 6.10 Å². The van der Waals surface area contributed by atoms with Gasteiger partial charge < -0.3 is 19.8 Å². The summed E-state index contributed by atoms with van der Waals surface area (Å²) in [6.07, 6.45) is -0.144. The van der Waals surface area contributed by atoms with E-state index in [4.69, 9.17) is 14.9 Å². The molecule has 6 heteroatoms. The van der Waals surface area contributed by atoms with Crippen LogP contribution in [0.25, 0.3) is 0 Å². The fourth-order valence-corrected chi connectivity index (χ4v) is 2.13. The molecule has 1 aromatic heterocycles. The number of anilines is 1. The summed E-state index contributed by atoms with van der Waals surface area (Å²) in [6.45, 7) is 1.99. The highest BCUT2D eigenvalue weighted by molar-refractivity contribution is 7.13. The fraction of sp³-hybridized carbons (Fsp3) is 0.625. The van der Waals surface area contributed by atoms with Crippen LogP contribution in [0.1, 0.15) is 0 Å². The van der Waals surface area contributed by atoms with Gasteiger partial charge in [-0.3, -0.25) is 0 Å². The number of morpholine rings is 1. The van der Waals surface area contributed by atoms with Gasteiger partial charge in [-0.2, -0.15) is 4.98 Å². The summed E-state index contributed by atoms with van der Waals surface area (Å²) >= 11 is 1.40. The lowest BCUT2D eigenvalue weighted by atomic mass is 10.3. The maximum Gasteiger partial charge on any atom is 0.223 e. The molecule has 0 radical (unpaired) electrons. The number of nitrogens with zero attached hydrogens (tertiary/aromatic N) is 2. The van der Waals surface area contributed by atoms with Gasteiger partial charge in [0.05, 0.1) is 24.7 Å². The highest BCUT2D eigenvalue weighted by atomic mass is 32.1. The Balaban J connectivity index is 2.04. The van der Waals surface area contributed by atoms with Crippen LogP contribution in [0.2, 0.25) is 0 Å². The van der Waals surface area contributed by atoms with Crippen molar-refractivity contribution in [1.82, 2.24) is 4.98 Å². The SMILES string of the molecule is OC[C@@H]1CN(c2nc(O)cs2)CCO1. The molecule has 14 heavy (non-hydrogen) atoms. The molecular weight excluding hydrogens is 204 g/mol. The number of aromatic nitrogens is 1. The molecule has 0 spiro atoms. The molecule has 78 valence electrons. The highest BCUT2D eigenvalue weighted by Crippen LogP contribution is 2.25. The van der Waals surface area contributed by atoms with Crippen molar-refractivity contribution >= 4 is 16.5 Å². The Kier molecular flexibility index (Phi) is 2.85. The number of rotatable bonds is 2. The van der Waals surface area contributed by atoms with Gasteiger partial charge in [-0.05, 0) is 0 Å². The average Bonchev–Trinajstić information content (AvgIpc) is 2.65. The maximum absolute atomic E-state index is 9.10. The fourth-order valence-electron chi connectivity index (χ4n) is 1.40. The molecule has 0 bridgehead atoms. The lowest BCUT2D eigenvalue weighted by Gasteiger charge is -2.31. The summed E-state index contributed by atoms with van der Waals surface area (Å²) in [5.74, 6) is 0.0528. The van der Waals surface area contributed by atoms with Crippen LogP contribution in [0, 0.1) is 0 Å². The average molecular weight is 216 g/mol. The van der Waals surface area contributed by atoms with Gasteiger partial charge in [0.1, 0.15) is 0 Å². The molecule has 1 atom stereocenters. The third kappa shape index (κ3) is 1.97. The second-order valence-electron chi connectivity index (χ2n) is 3.11. The van der Waals surface area contributed by atoms with Crippen LogP contribution in [-0.2, 0) is 4.74 Å². The minimum atomic E-state index is -0.144. The van der Waals surface area contributed by atoms with E-state index in [1.54, 1.807) is 5.38 Å². The second-order valence-corrected chi connectivity index (χ2v) is 3.95. The molecule has 2 heterocycles. The van der Waals surface area contributed by atoms with Crippen LogP contribution in [0.15, 0.2) is 5.38 Å². The Hall–Kier alpha value is -0.850. The van der Waals surface area contributed by atoms with Gasteiger partial charge in [0.2, 0.25) is 5.88 Å². The first kappa shape index (κ1) is 9.70. The van der Waals surface area contributed by atoms with E-state index in [1.807, 2.05) is 4.90 Å². The molecule has 1 saturated heterocycles. The van der Waals surface area contributed by atoms with E-state index in [9.17, 15) is 0 Å². The molecule has 0 unspecified atom stereocenters. The predicted molar refractivity (Wildman–Crippen MR) is 52.8 cm³/mol. The molecule has 1 aliphatic rings. The number of hydrogen-bond donors (Lipinski definition) is 2. The van der Waals surface area contributed by atoms with Crippen LogP contribution in [0.4, 0.5) is 5.13 Å². The Bertz CT molecular complexity index is 305. The third-order valence-corrected chi connectivity index (χ3v) is 2.98. The van der Waals surface area contributed by atoms with Crippen molar-refractivity contribution < 1.29 is 14.9 Å². The van der Waals surface area contributed by atoms with E-state index in [0.29, 0.717) is 13.2 Å². The lowest BCUT2D eigenvalue weighted by molar-refractivity contribution is 0.00354. The molecular formula is C8H12N2O3S. The molecule has 1 aliphatic heterocycles. The molecule has 5 nitrogen and oxygen atoms in total. The number of hydrogen-bond acceptors (Lipinski definition) is 6. The number of aromatic hydroxyl groups is 1. The molecule has 0 saturated carbocycles. The first-order valence-electron chi connectivity index (χ1n) is 4.41. The van der Waals surface area contributed by atoms with Gasteiger partial charge in [0, 0.05) is 13.1 Å². The number of aliphatic hydroxyl groups excluding tert-OH is 1. The van der Waals surface area contributed by atoms with Crippen molar-refractivity contribution in [1.29, 1.82) is 0 Å². The van der Waals surface area contributed by atoms with E-state index in [1.165, 1.54) is 11.3 Å². The summed E-state index contributed by atoms with van der Waals surface area (Å²) in [5.41, 5.74) is 0. The molecule has 1 fully saturated rings. The molecule has 0 aliphatic carbocycles. The maximum atomic E-state index is 9.10. The lowest BCUT2D eigenvalue weighted by Crippen LogP contribution is -2.44. The molecule has 0 aromatic carbocycles.